The molecule has 1 aliphatic rings. The first-order valence-electron chi connectivity index (χ1n) is 5.82. The second-order valence-electron chi connectivity index (χ2n) is 4.48. The van der Waals surface area contributed by atoms with Crippen molar-refractivity contribution in [2.45, 2.75) is 51.2 Å². The Morgan fingerprint density at radius 2 is 2.07 bits per heavy atom. The highest BCUT2D eigenvalue weighted by atomic mass is 16.3. The van der Waals surface area contributed by atoms with Gasteiger partial charge in [0, 0.05) is 18.5 Å². The molecule has 0 heterocycles. The molecule has 0 aromatic carbocycles. The summed E-state index contributed by atoms with van der Waals surface area (Å²) in [6, 6.07) is -0.363. The molecule has 2 unspecified atom stereocenters. The monoisotopic (exact) mass is 214 g/mol. The number of hydrogen-bond donors (Lipinski definition) is 3. The molecule has 1 saturated carbocycles. The molecule has 0 aliphatic heterocycles. The predicted octanol–water partition coefficient (Wildman–Crippen LogP) is 0.391. The molecule has 2 atom stereocenters. The van der Waals surface area contributed by atoms with Gasteiger partial charge in [-0.2, -0.15) is 0 Å². The van der Waals surface area contributed by atoms with Crippen LogP contribution in [0.1, 0.15) is 39.0 Å². The molecular formula is C11H22N2O2. The molecule has 4 N–H and O–H groups in total. The Balaban J connectivity index is 2.22. The average Bonchev–Trinajstić information content (AvgIpc) is 2.26. The predicted molar refractivity (Wildman–Crippen MR) is 59.2 cm³/mol. The zero-order valence-electron chi connectivity index (χ0n) is 9.41. The van der Waals surface area contributed by atoms with E-state index in [0.717, 1.165) is 25.7 Å². The molecule has 1 fully saturated rings. The summed E-state index contributed by atoms with van der Waals surface area (Å²) >= 11 is 0. The molecule has 0 radical (unpaired) electrons. The lowest BCUT2D eigenvalue weighted by Gasteiger charge is -2.22. The largest absolute Gasteiger partial charge is 0.392 e. The second-order valence-corrected chi connectivity index (χ2v) is 4.48. The lowest BCUT2D eigenvalue weighted by Crippen LogP contribution is -2.45. The lowest BCUT2D eigenvalue weighted by atomic mass is 9.88. The molecule has 1 rings (SSSR count). The van der Waals surface area contributed by atoms with E-state index >= 15 is 0 Å². The van der Waals surface area contributed by atoms with E-state index in [2.05, 4.69) is 5.32 Å². The number of hydrogen-bond acceptors (Lipinski definition) is 3. The lowest BCUT2D eigenvalue weighted by molar-refractivity contribution is -0.126. The van der Waals surface area contributed by atoms with Crippen LogP contribution in [-0.2, 0) is 4.79 Å². The third kappa shape index (κ3) is 4.18. The first kappa shape index (κ1) is 12.5. The highest BCUT2D eigenvalue weighted by Gasteiger charge is 2.21. The average molecular weight is 214 g/mol. The molecular weight excluding hydrogens is 192 g/mol. The van der Waals surface area contributed by atoms with Gasteiger partial charge < -0.3 is 16.2 Å². The Hall–Kier alpha value is -0.610. The van der Waals surface area contributed by atoms with Gasteiger partial charge in [-0.1, -0.05) is 19.3 Å². The van der Waals surface area contributed by atoms with Crippen molar-refractivity contribution in [2.75, 3.05) is 6.54 Å². The molecule has 88 valence electrons. The van der Waals surface area contributed by atoms with E-state index in [1.54, 1.807) is 6.92 Å². The fourth-order valence-electron chi connectivity index (χ4n) is 1.90. The van der Waals surface area contributed by atoms with E-state index in [4.69, 9.17) is 10.8 Å². The number of amides is 1. The molecule has 15 heavy (non-hydrogen) atoms. The van der Waals surface area contributed by atoms with Crippen LogP contribution in [0.2, 0.25) is 0 Å². The molecule has 0 bridgehead atoms. The normalized spacial score (nSPS) is 22.1. The molecule has 1 amide bonds. The summed E-state index contributed by atoms with van der Waals surface area (Å²) < 4.78 is 0. The SMILES string of the molecule is CC(O)C(N)CNC(=O)C1CCCCC1. The first-order valence-corrected chi connectivity index (χ1v) is 5.82. The van der Waals surface area contributed by atoms with Crippen molar-refractivity contribution in [3.05, 3.63) is 0 Å². The standard InChI is InChI=1S/C11H22N2O2/c1-8(14)10(12)7-13-11(15)9-5-3-2-4-6-9/h8-10,14H,2-7,12H2,1H3,(H,13,15). The zero-order valence-corrected chi connectivity index (χ0v) is 9.41. The summed E-state index contributed by atoms with van der Waals surface area (Å²) in [5, 5.41) is 12.0. The number of carbonyl (C=O) groups excluding carboxylic acids is 1. The molecule has 0 spiro atoms. The van der Waals surface area contributed by atoms with Gasteiger partial charge in [-0.3, -0.25) is 4.79 Å². The zero-order chi connectivity index (χ0) is 11.3. The van der Waals surface area contributed by atoms with Gasteiger partial charge in [-0.25, -0.2) is 0 Å². The molecule has 0 aromatic rings. The summed E-state index contributed by atoms with van der Waals surface area (Å²) in [6.07, 6.45) is 4.97. The molecule has 1 aliphatic carbocycles. The van der Waals surface area contributed by atoms with E-state index in [9.17, 15) is 4.79 Å². The number of carbonyl (C=O) groups is 1. The molecule has 4 heteroatoms. The van der Waals surface area contributed by atoms with E-state index in [0.29, 0.717) is 6.54 Å². The van der Waals surface area contributed by atoms with Gasteiger partial charge in [-0.05, 0) is 19.8 Å². The highest BCUT2D eigenvalue weighted by Crippen LogP contribution is 2.23. The quantitative estimate of drug-likeness (QED) is 0.633. The van der Waals surface area contributed by atoms with Crippen molar-refractivity contribution in [3.8, 4) is 0 Å². The van der Waals surface area contributed by atoms with E-state index in [1.807, 2.05) is 0 Å². The fourth-order valence-corrected chi connectivity index (χ4v) is 1.90. The van der Waals surface area contributed by atoms with Gasteiger partial charge in [0.25, 0.3) is 0 Å². The third-order valence-electron chi connectivity index (χ3n) is 3.11. The van der Waals surface area contributed by atoms with Crippen LogP contribution in [0.3, 0.4) is 0 Å². The van der Waals surface area contributed by atoms with Crippen LogP contribution >= 0.6 is 0 Å². The number of rotatable bonds is 4. The van der Waals surface area contributed by atoms with Crippen molar-refractivity contribution >= 4 is 5.91 Å². The van der Waals surface area contributed by atoms with Crippen LogP contribution in [0, 0.1) is 5.92 Å². The van der Waals surface area contributed by atoms with Crippen molar-refractivity contribution < 1.29 is 9.90 Å². The van der Waals surface area contributed by atoms with Gasteiger partial charge in [0.15, 0.2) is 0 Å². The van der Waals surface area contributed by atoms with Crippen LogP contribution < -0.4 is 11.1 Å². The van der Waals surface area contributed by atoms with Crippen LogP contribution in [0.5, 0.6) is 0 Å². The van der Waals surface area contributed by atoms with Crippen molar-refractivity contribution in [2.24, 2.45) is 11.7 Å². The first-order chi connectivity index (χ1) is 7.11. The van der Waals surface area contributed by atoms with Gasteiger partial charge in [-0.15, -0.1) is 0 Å². The van der Waals surface area contributed by atoms with Crippen molar-refractivity contribution in [1.82, 2.24) is 5.32 Å². The van der Waals surface area contributed by atoms with Crippen LogP contribution in [-0.4, -0.2) is 29.7 Å². The Morgan fingerprint density at radius 1 is 1.47 bits per heavy atom. The Bertz CT molecular complexity index is 201. The second kappa shape index (κ2) is 6.08. The summed E-state index contributed by atoms with van der Waals surface area (Å²) in [5.74, 6) is 0.269. The van der Waals surface area contributed by atoms with Gasteiger partial charge in [0.05, 0.1) is 6.10 Å². The minimum atomic E-state index is -0.573. The summed E-state index contributed by atoms with van der Waals surface area (Å²) in [7, 11) is 0. The van der Waals surface area contributed by atoms with E-state index < -0.39 is 6.10 Å². The van der Waals surface area contributed by atoms with Gasteiger partial charge in [0.2, 0.25) is 5.91 Å². The number of aliphatic hydroxyl groups is 1. The van der Waals surface area contributed by atoms with Crippen LogP contribution in [0.4, 0.5) is 0 Å². The molecule has 4 nitrogen and oxygen atoms in total. The maximum atomic E-state index is 11.7. The minimum absolute atomic E-state index is 0.103. The third-order valence-corrected chi connectivity index (χ3v) is 3.11. The minimum Gasteiger partial charge on any atom is -0.392 e. The molecule has 0 saturated heterocycles. The number of aliphatic hydroxyl groups excluding tert-OH is 1. The maximum Gasteiger partial charge on any atom is 0.223 e. The maximum absolute atomic E-state index is 11.7. The Kier molecular flexibility index (Phi) is 5.05. The number of nitrogens with one attached hydrogen (secondary N) is 1. The topological polar surface area (TPSA) is 75.3 Å². The van der Waals surface area contributed by atoms with Crippen LogP contribution in [0.25, 0.3) is 0 Å². The highest BCUT2D eigenvalue weighted by molar-refractivity contribution is 5.78. The van der Waals surface area contributed by atoms with Crippen LogP contribution in [0.15, 0.2) is 0 Å². The Labute approximate surface area is 91.2 Å². The van der Waals surface area contributed by atoms with E-state index in [1.165, 1.54) is 6.42 Å². The van der Waals surface area contributed by atoms with Gasteiger partial charge in [0.1, 0.15) is 0 Å². The smallest absolute Gasteiger partial charge is 0.223 e. The van der Waals surface area contributed by atoms with Crippen molar-refractivity contribution in [1.29, 1.82) is 0 Å². The summed E-state index contributed by atoms with van der Waals surface area (Å²) in [4.78, 5) is 11.7. The summed E-state index contributed by atoms with van der Waals surface area (Å²) in [5.41, 5.74) is 5.63. The Morgan fingerprint density at radius 3 is 2.60 bits per heavy atom. The number of nitrogens with two attached hydrogens (primary N) is 1. The fraction of sp³-hybridized carbons (Fsp3) is 0.909. The van der Waals surface area contributed by atoms with Gasteiger partial charge >= 0.3 is 0 Å². The molecule has 0 aromatic heterocycles. The van der Waals surface area contributed by atoms with Crippen molar-refractivity contribution in [3.63, 3.8) is 0 Å². The summed E-state index contributed by atoms with van der Waals surface area (Å²) in [6.45, 7) is 2.00. The van der Waals surface area contributed by atoms with E-state index in [-0.39, 0.29) is 17.9 Å².